The fourth-order valence-corrected chi connectivity index (χ4v) is 1.86. The summed E-state index contributed by atoms with van der Waals surface area (Å²) < 4.78 is 45.6. The van der Waals surface area contributed by atoms with E-state index in [1.54, 1.807) is 0 Å². The smallest absolute Gasteiger partial charge is 0.346 e. The van der Waals surface area contributed by atoms with Gasteiger partial charge in [-0.05, 0) is 25.5 Å². The third-order valence-corrected chi connectivity index (χ3v) is 2.79. The van der Waals surface area contributed by atoms with Crippen molar-refractivity contribution in [2.45, 2.75) is 13.8 Å². The molecule has 20 heavy (non-hydrogen) atoms. The van der Waals surface area contributed by atoms with Crippen LogP contribution in [0.4, 0.5) is 13.2 Å². The molecule has 0 fully saturated rings. The number of nitrogens with one attached hydrogen (secondary N) is 1. The number of halogens is 3. The van der Waals surface area contributed by atoms with Crippen LogP contribution in [0.1, 0.15) is 22.8 Å². The zero-order valence-corrected chi connectivity index (χ0v) is 10.6. The standard InChI is InChI=1S/C13H10F3NO3/c1-3-20-13(19)8-11(18)7-6(17-12(8)16)4-5(2)9(14)10(7)15/h4H,3H2,1-2H3,(H,17,18). The summed E-state index contributed by atoms with van der Waals surface area (Å²) in [6.45, 7) is 2.66. The monoisotopic (exact) mass is 285 g/mol. The van der Waals surface area contributed by atoms with Crippen LogP contribution in [-0.4, -0.2) is 17.6 Å². The second-order valence-corrected chi connectivity index (χ2v) is 4.11. The molecule has 2 aromatic rings. The van der Waals surface area contributed by atoms with Gasteiger partial charge in [0.05, 0.1) is 17.5 Å². The normalized spacial score (nSPS) is 10.8. The summed E-state index contributed by atoms with van der Waals surface area (Å²) in [6.07, 6.45) is 0. The Morgan fingerprint density at radius 3 is 2.55 bits per heavy atom. The van der Waals surface area contributed by atoms with Gasteiger partial charge < -0.3 is 9.72 Å². The number of rotatable bonds is 2. The Kier molecular flexibility index (Phi) is 3.52. The van der Waals surface area contributed by atoms with Gasteiger partial charge in [0, 0.05) is 0 Å². The van der Waals surface area contributed by atoms with E-state index in [0.29, 0.717) is 0 Å². The lowest BCUT2D eigenvalue weighted by Gasteiger charge is -2.07. The summed E-state index contributed by atoms with van der Waals surface area (Å²) >= 11 is 0. The van der Waals surface area contributed by atoms with Gasteiger partial charge in [0.15, 0.2) is 17.2 Å². The lowest BCUT2D eigenvalue weighted by molar-refractivity contribution is 0.0518. The largest absolute Gasteiger partial charge is 0.462 e. The molecule has 106 valence electrons. The van der Waals surface area contributed by atoms with Crippen molar-refractivity contribution in [3.05, 3.63) is 45.0 Å². The molecule has 0 aliphatic heterocycles. The SMILES string of the molecule is CCOC(=O)c1c(F)[nH]c2cc(C)c(F)c(F)c2c1=O. The molecule has 1 N–H and O–H groups in total. The van der Waals surface area contributed by atoms with Crippen molar-refractivity contribution in [3.8, 4) is 0 Å². The molecule has 0 aliphatic carbocycles. The van der Waals surface area contributed by atoms with E-state index in [1.807, 2.05) is 0 Å². The van der Waals surface area contributed by atoms with Gasteiger partial charge in [-0.15, -0.1) is 0 Å². The molecule has 0 unspecified atom stereocenters. The van der Waals surface area contributed by atoms with Crippen molar-refractivity contribution in [3.63, 3.8) is 0 Å². The van der Waals surface area contributed by atoms with Crippen LogP contribution >= 0.6 is 0 Å². The summed E-state index contributed by atoms with van der Waals surface area (Å²) in [5, 5.41) is -0.711. The lowest BCUT2D eigenvalue weighted by Crippen LogP contribution is -2.22. The fourth-order valence-electron chi connectivity index (χ4n) is 1.86. The summed E-state index contributed by atoms with van der Waals surface area (Å²) in [5.74, 6) is -5.11. The maximum atomic E-state index is 13.8. The molecule has 0 bridgehead atoms. The number of carbonyl (C=O) groups is 1. The number of hydrogen-bond donors (Lipinski definition) is 1. The number of fused-ring (bicyclic) bond motifs is 1. The van der Waals surface area contributed by atoms with E-state index in [9.17, 15) is 22.8 Å². The average molecular weight is 285 g/mol. The van der Waals surface area contributed by atoms with Gasteiger partial charge in [-0.3, -0.25) is 4.79 Å². The van der Waals surface area contributed by atoms with Crippen LogP contribution in [-0.2, 0) is 4.74 Å². The first-order valence-electron chi connectivity index (χ1n) is 5.75. The van der Waals surface area contributed by atoms with Crippen LogP contribution in [0.3, 0.4) is 0 Å². The molecule has 1 aromatic carbocycles. The van der Waals surface area contributed by atoms with Crippen LogP contribution in [0.25, 0.3) is 10.9 Å². The highest BCUT2D eigenvalue weighted by Gasteiger charge is 2.24. The lowest BCUT2D eigenvalue weighted by atomic mass is 10.1. The van der Waals surface area contributed by atoms with Gasteiger partial charge in [-0.1, -0.05) is 0 Å². The molecule has 0 spiro atoms. The van der Waals surface area contributed by atoms with Crippen LogP contribution in [0.2, 0.25) is 0 Å². The molecule has 0 amide bonds. The van der Waals surface area contributed by atoms with E-state index < -0.39 is 39.9 Å². The highest BCUT2D eigenvalue weighted by Crippen LogP contribution is 2.21. The van der Waals surface area contributed by atoms with Gasteiger partial charge in [0.25, 0.3) is 0 Å². The number of aromatic nitrogens is 1. The number of H-pyrrole nitrogens is 1. The van der Waals surface area contributed by atoms with Gasteiger partial charge in [-0.25, -0.2) is 13.6 Å². The fraction of sp³-hybridized carbons (Fsp3) is 0.231. The third kappa shape index (κ3) is 2.04. The summed E-state index contributed by atoms with van der Waals surface area (Å²) in [7, 11) is 0. The second kappa shape index (κ2) is 4.99. The van der Waals surface area contributed by atoms with Crippen molar-refractivity contribution in [1.29, 1.82) is 0 Å². The maximum Gasteiger partial charge on any atom is 0.346 e. The predicted molar refractivity (Wildman–Crippen MR) is 65.1 cm³/mol. The second-order valence-electron chi connectivity index (χ2n) is 4.11. The first kappa shape index (κ1) is 14.1. The number of pyridine rings is 1. The molecule has 7 heteroatoms. The quantitative estimate of drug-likeness (QED) is 0.681. The minimum absolute atomic E-state index is 0.0828. The molecule has 0 saturated heterocycles. The number of carbonyl (C=O) groups excluding carboxylic acids is 1. The van der Waals surface area contributed by atoms with Crippen molar-refractivity contribution in [1.82, 2.24) is 4.98 Å². The van der Waals surface area contributed by atoms with Gasteiger partial charge in [0.1, 0.15) is 0 Å². The minimum atomic E-state index is -1.42. The van der Waals surface area contributed by atoms with Crippen molar-refractivity contribution >= 4 is 16.9 Å². The van der Waals surface area contributed by atoms with Crippen molar-refractivity contribution < 1.29 is 22.7 Å². The Morgan fingerprint density at radius 2 is 1.95 bits per heavy atom. The molecule has 1 aromatic heterocycles. The van der Waals surface area contributed by atoms with Crippen molar-refractivity contribution in [2.75, 3.05) is 6.61 Å². The molecular formula is C13H10F3NO3. The first-order chi connectivity index (χ1) is 9.38. The van der Waals surface area contributed by atoms with E-state index in [1.165, 1.54) is 13.8 Å². The van der Waals surface area contributed by atoms with Crippen LogP contribution in [0.15, 0.2) is 10.9 Å². The third-order valence-electron chi connectivity index (χ3n) is 2.79. The molecule has 0 radical (unpaired) electrons. The number of hydrogen-bond acceptors (Lipinski definition) is 3. The van der Waals surface area contributed by atoms with E-state index in [4.69, 9.17) is 0 Å². The Balaban J connectivity index is 2.88. The minimum Gasteiger partial charge on any atom is -0.462 e. The number of ether oxygens (including phenoxy) is 1. The highest BCUT2D eigenvalue weighted by molar-refractivity contribution is 5.94. The first-order valence-corrected chi connectivity index (χ1v) is 5.75. The summed E-state index contributed by atoms with van der Waals surface area (Å²) in [5.41, 5.74) is -2.53. The van der Waals surface area contributed by atoms with E-state index in [-0.39, 0.29) is 17.7 Å². The van der Waals surface area contributed by atoms with E-state index >= 15 is 0 Å². The molecule has 0 aliphatic rings. The van der Waals surface area contributed by atoms with Gasteiger partial charge in [-0.2, -0.15) is 4.39 Å². The van der Waals surface area contributed by atoms with Gasteiger partial charge >= 0.3 is 5.97 Å². The summed E-state index contributed by atoms with van der Waals surface area (Å²) in [6, 6.07) is 1.09. The number of aromatic amines is 1. The number of esters is 1. The molecule has 4 nitrogen and oxygen atoms in total. The molecule has 1 heterocycles. The molecule has 0 atom stereocenters. The van der Waals surface area contributed by atoms with Gasteiger partial charge in [0.2, 0.25) is 11.4 Å². The predicted octanol–water partition coefficient (Wildman–Crippen LogP) is 2.43. The zero-order valence-electron chi connectivity index (χ0n) is 10.6. The number of aryl methyl sites for hydroxylation is 1. The average Bonchev–Trinajstić information content (AvgIpc) is 2.35. The van der Waals surface area contributed by atoms with E-state index in [0.717, 1.165) is 6.07 Å². The van der Waals surface area contributed by atoms with E-state index in [2.05, 4.69) is 9.72 Å². The molecule has 2 rings (SSSR count). The van der Waals surface area contributed by atoms with Crippen LogP contribution < -0.4 is 5.43 Å². The Labute approximate surface area is 111 Å². The molecular weight excluding hydrogens is 275 g/mol. The number of benzene rings is 1. The topological polar surface area (TPSA) is 59.2 Å². The molecule has 0 saturated carbocycles. The van der Waals surface area contributed by atoms with Crippen LogP contribution in [0.5, 0.6) is 0 Å². The highest BCUT2D eigenvalue weighted by atomic mass is 19.2. The zero-order chi connectivity index (χ0) is 15.0. The van der Waals surface area contributed by atoms with Crippen molar-refractivity contribution in [2.24, 2.45) is 0 Å². The Bertz CT molecular complexity index is 768. The summed E-state index contributed by atoms with van der Waals surface area (Å²) in [4.78, 5) is 25.6. The Hall–Kier alpha value is -2.31. The van der Waals surface area contributed by atoms with Crippen LogP contribution in [0, 0.1) is 24.5 Å². The maximum absolute atomic E-state index is 13.8. The Morgan fingerprint density at radius 1 is 1.30 bits per heavy atom.